The standard InChI is InChI=1S/C31H33F7N4O5S/c1-6-24(11-9-21(3)47-18-30(33,34)35)42(19-43)29(40-28-20(2)8-7-13-39-28)22(4)41(14-15-48(5,45)46)27(44)17-23-10-12-26(32)25(16-23)31(36,37)38/h6-13,16,19,22H,3,14-15,17-18H2,1-2,4-5H3/b11-9-,24-6+,40-29-. The van der Waals surface area contributed by atoms with E-state index in [0.29, 0.717) is 17.7 Å². The van der Waals surface area contributed by atoms with Crippen LogP contribution in [0.2, 0.25) is 0 Å². The van der Waals surface area contributed by atoms with Crippen LogP contribution in [0.25, 0.3) is 0 Å². The fourth-order valence-corrected chi connectivity index (χ4v) is 4.66. The Bertz CT molecular complexity index is 1690. The number of sulfone groups is 1. The summed E-state index contributed by atoms with van der Waals surface area (Å²) in [5.41, 5.74) is -1.32. The van der Waals surface area contributed by atoms with Crippen LogP contribution in [0.5, 0.6) is 0 Å². The summed E-state index contributed by atoms with van der Waals surface area (Å²) in [6.07, 6.45) is -4.26. The number of carbonyl (C=O) groups excluding carboxylic acids is 2. The summed E-state index contributed by atoms with van der Waals surface area (Å²) in [5.74, 6) is -3.60. The van der Waals surface area contributed by atoms with Crippen molar-refractivity contribution >= 4 is 33.8 Å². The second-order valence-corrected chi connectivity index (χ2v) is 12.6. The number of ether oxygens (including phenoxy) is 1. The SMILES string of the molecule is C=C(/C=C\C(=C/C)N(C=O)/C(=N\c1ncccc1C)C(C)N(CCS(C)(=O)=O)C(=O)Cc1ccc(F)c(C(F)(F)F)c1)OCC(F)(F)F. The predicted octanol–water partition coefficient (Wildman–Crippen LogP) is 6.09. The van der Waals surface area contributed by atoms with Gasteiger partial charge in [0.1, 0.15) is 27.2 Å². The van der Waals surface area contributed by atoms with Crippen molar-refractivity contribution < 1.29 is 53.5 Å². The van der Waals surface area contributed by atoms with Gasteiger partial charge in [-0.15, -0.1) is 0 Å². The van der Waals surface area contributed by atoms with Gasteiger partial charge in [-0.05, 0) is 62.2 Å². The van der Waals surface area contributed by atoms with E-state index < -0.39 is 76.6 Å². The van der Waals surface area contributed by atoms with Crippen LogP contribution < -0.4 is 0 Å². The highest BCUT2D eigenvalue weighted by Crippen LogP contribution is 2.32. The summed E-state index contributed by atoms with van der Waals surface area (Å²) in [7, 11) is -3.72. The molecule has 0 radical (unpaired) electrons. The third-order valence-corrected chi connectivity index (χ3v) is 7.47. The Hall–Kier alpha value is -4.54. The Morgan fingerprint density at radius 3 is 2.35 bits per heavy atom. The normalized spacial score (nSPS) is 13.7. The highest BCUT2D eigenvalue weighted by Gasteiger charge is 2.35. The maximum absolute atomic E-state index is 13.9. The van der Waals surface area contributed by atoms with E-state index in [2.05, 4.69) is 21.3 Å². The molecule has 17 heteroatoms. The lowest BCUT2D eigenvalue weighted by atomic mass is 10.1. The molecule has 1 unspecified atom stereocenters. The minimum atomic E-state index is -5.06. The Morgan fingerprint density at radius 2 is 1.81 bits per heavy atom. The Morgan fingerprint density at radius 1 is 1.15 bits per heavy atom. The highest BCUT2D eigenvalue weighted by molar-refractivity contribution is 7.90. The minimum absolute atomic E-state index is 0.00445. The van der Waals surface area contributed by atoms with Gasteiger partial charge in [-0.1, -0.05) is 24.8 Å². The van der Waals surface area contributed by atoms with Gasteiger partial charge < -0.3 is 9.64 Å². The first-order chi connectivity index (χ1) is 22.2. The van der Waals surface area contributed by atoms with Gasteiger partial charge in [0.25, 0.3) is 0 Å². The molecule has 1 aromatic carbocycles. The number of allylic oxidation sites excluding steroid dienone is 3. The average Bonchev–Trinajstić information content (AvgIpc) is 2.97. The molecule has 0 saturated carbocycles. The third-order valence-electron chi connectivity index (χ3n) is 6.55. The Kier molecular flexibility index (Phi) is 13.6. The second-order valence-electron chi connectivity index (χ2n) is 10.4. The average molecular weight is 707 g/mol. The summed E-state index contributed by atoms with van der Waals surface area (Å²) in [4.78, 5) is 36.9. The lowest BCUT2D eigenvalue weighted by Gasteiger charge is -2.34. The predicted molar refractivity (Wildman–Crippen MR) is 164 cm³/mol. The lowest BCUT2D eigenvalue weighted by Crippen LogP contribution is -2.50. The number of nitrogens with zero attached hydrogens (tertiary/aromatic N) is 4. The van der Waals surface area contributed by atoms with E-state index in [0.717, 1.165) is 28.2 Å². The quantitative estimate of drug-likeness (QED) is 0.0588. The molecule has 0 fully saturated rings. The van der Waals surface area contributed by atoms with Crippen LogP contribution in [-0.2, 0) is 36.8 Å². The molecule has 0 aliphatic heterocycles. The molecular formula is C31H33F7N4O5S. The van der Waals surface area contributed by atoms with Crippen LogP contribution in [0.1, 0.15) is 30.5 Å². The summed E-state index contributed by atoms with van der Waals surface area (Å²) >= 11 is 0. The van der Waals surface area contributed by atoms with E-state index in [1.165, 1.54) is 32.2 Å². The minimum Gasteiger partial charge on any atom is -0.485 e. The monoisotopic (exact) mass is 706 g/mol. The zero-order valence-electron chi connectivity index (χ0n) is 26.3. The van der Waals surface area contributed by atoms with Crippen LogP contribution in [0.3, 0.4) is 0 Å². The number of aromatic nitrogens is 1. The van der Waals surface area contributed by atoms with Crippen molar-refractivity contribution in [1.29, 1.82) is 0 Å². The van der Waals surface area contributed by atoms with E-state index in [9.17, 15) is 48.7 Å². The van der Waals surface area contributed by atoms with Crippen molar-refractivity contribution in [2.24, 2.45) is 4.99 Å². The summed E-state index contributed by atoms with van der Waals surface area (Å²) < 4.78 is 121. The molecule has 2 amide bonds. The maximum atomic E-state index is 13.9. The molecule has 0 N–H and O–H groups in total. The van der Waals surface area contributed by atoms with Gasteiger partial charge in [0.05, 0.1) is 23.8 Å². The van der Waals surface area contributed by atoms with Gasteiger partial charge in [-0.25, -0.2) is 22.8 Å². The molecule has 262 valence electrons. The zero-order valence-corrected chi connectivity index (χ0v) is 27.1. The Labute approximate surface area is 273 Å². The molecule has 1 heterocycles. The number of hydrogen-bond donors (Lipinski definition) is 0. The molecule has 48 heavy (non-hydrogen) atoms. The molecule has 9 nitrogen and oxygen atoms in total. The molecule has 0 aliphatic rings. The van der Waals surface area contributed by atoms with Crippen molar-refractivity contribution in [2.45, 2.75) is 45.6 Å². The van der Waals surface area contributed by atoms with Gasteiger partial charge in [0, 0.05) is 24.7 Å². The number of alkyl halides is 6. The largest absolute Gasteiger partial charge is 0.485 e. The molecule has 2 aromatic rings. The first-order valence-corrected chi connectivity index (χ1v) is 16.0. The number of aryl methyl sites for hydroxylation is 1. The van der Waals surface area contributed by atoms with E-state index in [1.807, 2.05) is 0 Å². The van der Waals surface area contributed by atoms with Gasteiger partial charge in [0.15, 0.2) is 12.4 Å². The van der Waals surface area contributed by atoms with Crippen molar-refractivity contribution in [3.05, 3.63) is 95.3 Å². The number of carbonyl (C=O) groups is 2. The van der Waals surface area contributed by atoms with Crippen molar-refractivity contribution in [1.82, 2.24) is 14.8 Å². The molecule has 1 atom stereocenters. The van der Waals surface area contributed by atoms with E-state index in [1.54, 1.807) is 19.1 Å². The molecule has 0 spiro atoms. The van der Waals surface area contributed by atoms with Crippen LogP contribution in [-0.4, -0.2) is 78.7 Å². The van der Waals surface area contributed by atoms with Crippen LogP contribution in [0, 0.1) is 12.7 Å². The first kappa shape index (κ1) is 39.6. The van der Waals surface area contributed by atoms with E-state index >= 15 is 0 Å². The zero-order chi connectivity index (χ0) is 36.4. The van der Waals surface area contributed by atoms with Gasteiger partial charge in [-0.3, -0.25) is 14.5 Å². The number of amidine groups is 1. The van der Waals surface area contributed by atoms with Crippen molar-refractivity contribution in [3.63, 3.8) is 0 Å². The van der Waals surface area contributed by atoms with Gasteiger partial charge >= 0.3 is 12.4 Å². The topological polar surface area (TPSA) is 109 Å². The molecule has 0 aliphatic carbocycles. The maximum Gasteiger partial charge on any atom is 0.422 e. The second kappa shape index (κ2) is 16.5. The fourth-order valence-electron chi connectivity index (χ4n) is 4.13. The number of pyridine rings is 1. The number of halogens is 7. The molecule has 2 rings (SSSR count). The summed E-state index contributed by atoms with van der Waals surface area (Å²) in [6.45, 7) is 5.75. The summed E-state index contributed by atoms with van der Waals surface area (Å²) in [5, 5.41) is 0. The molecule has 1 aromatic heterocycles. The van der Waals surface area contributed by atoms with Crippen LogP contribution in [0.4, 0.5) is 36.6 Å². The number of rotatable bonds is 14. The number of benzene rings is 1. The smallest absolute Gasteiger partial charge is 0.422 e. The first-order valence-electron chi connectivity index (χ1n) is 14.0. The number of amides is 2. The van der Waals surface area contributed by atoms with Crippen molar-refractivity contribution in [3.8, 4) is 0 Å². The van der Waals surface area contributed by atoms with E-state index in [-0.39, 0.29) is 29.3 Å². The number of aliphatic imine (C=N–C) groups is 1. The highest BCUT2D eigenvalue weighted by atomic mass is 32.2. The molecule has 0 saturated heterocycles. The molecule has 0 bridgehead atoms. The summed E-state index contributed by atoms with van der Waals surface area (Å²) in [6, 6.07) is 3.95. The fraction of sp³-hybridized carbons (Fsp3) is 0.355. The van der Waals surface area contributed by atoms with Gasteiger partial charge in [0.2, 0.25) is 12.3 Å². The van der Waals surface area contributed by atoms with Crippen LogP contribution in [0.15, 0.2) is 77.8 Å². The van der Waals surface area contributed by atoms with E-state index in [4.69, 9.17) is 0 Å². The van der Waals surface area contributed by atoms with Gasteiger partial charge in [-0.2, -0.15) is 26.3 Å². The number of hydrogen-bond acceptors (Lipinski definition) is 7. The lowest BCUT2D eigenvalue weighted by molar-refractivity contribution is -0.163. The Balaban J connectivity index is 2.66. The third kappa shape index (κ3) is 12.2. The van der Waals surface area contributed by atoms with Crippen molar-refractivity contribution in [2.75, 3.05) is 25.2 Å². The molecular weight excluding hydrogens is 673 g/mol. The van der Waals surface area contributed by atoms with Crippen LogP contribution >= 0.6 is 0 Å².